The molecule has 0 aliphatic carbocycles. The number of phenolic OH excluding ortho intramolecular Hbond substituents is 2. The maximum atomic E-state index is 13.4. The third-order valence-corrected chi connectivity index (χ3v) is 20.5. The van der Waals surface area contributed by atoms with Crippen molar-refractivity contribution in [2.75, 3.05) is 13.2 Å². The van der Waals surface area contributed by atoms with E-state index < -0.39 is 0 Å². The first kappa shape index (κ1) is 81.7. The minimum atomic E-state index is -0.269. The Kier molecular flexibility index (Phi) is 23.0. The fourth-order valence-electron chi connectivity index (χ4n) is 15.3. The number of fused-ring (bicyclic) bond motifs is 6. The SMILES string of the molecule is CC(C)(C)CC(C)(C)c1cc(-c2cc(C(C)(C)C)ccc2OCCCCOc2ccc(C(C)(C)C)cc2-c2cc(C(C)(C)CC(C)(C)C)cc(-n3c4ccc(C(C)(C)C)cc4c4cc(C(C)(C)C)ccc43)c2O)c(O)c(-n2c3ccc(C(C)(C)C)cc3c3cc(C(C)(C)C)ccc32)c1.[CH3-].[CH3-].[Hf]. The van der Waals surface area contributed by atoms with Crippen LogP contribution in [0.2, 0.25) is 0 Å². The van der Waals surface area contributed by atoms with E-state index >= 15 is 0 Å². The molecule has 101 heavy (non-hydrogen) atoms. The molecule has 0 bridgehead atoms. The zero-order chi connectivity index (χ0) is 72.4. The monoisotopic (exact) mass is 1530 g/mol. The molecule has 6 nitrogen and oxygen atoms in total. The van der Waals surface area contributed by atoms with Gasteiger partial charge in [0.2, 0.25) is 0 Å². The van der Waals surface area contributed by atoms with Crippen molar-refractivity contribution >= 4 is 43.6 Å². The summed E-state index contributed by atoms with van der Waals surface area (Å²) >= 11 is 0. The fourth-order valence-corrected chi connectivity index (χ4v) is 15.3. The summed E-state index contributed by atoms with van der Waals surface area (Å²) in [5.74, 6) is 1.90. The zero-order valence-electron chi connectivity index (χ0n) is 68.0. The Labute approximate surface area is 630 Å². The molecule has 2 N–H and O–H groups in total. The first-order chi connectivity index (χ1) is 44.9. The molecule has 0 saturated carbocycles. The molecule has 0 aliphatic heterocycles. The standard InChI is InChI=1S/C92H120N2O4.2CH3.Hf/c1-83(2,3)55-91(25,26)63-51-71(81(95)77(53-63)93-73-37-31-57(85(7,8)9)45-65(73)66-46-58(86(10,11)12)32-38-74(66)93)69-49-61(89(19,20)21)35-41-79(69)97-43-29-30-44-98-80-42-36-62(90(22,23)24)50-70(80)72-52-64(92(27,28)56-84(4,5)6)54-78(82(72)96)94-75-39-33-59(87(13,14)15)47-67(75)68-48-60(88(16,17)18)34-40-76(68)94;;;/h31-42,45-54,95-96H,29-30,43-44,55-56H2,1-28H3;2*1H3;/q;2*-1;. The van der Waals surface area contributed by atoms with E-state index in [0.717, 1.165) is 102 Å². The summed E-state index contributed by atoms with van der Waals surface area (Å²) in [5.41, 5.74) is 17.6. The molecular weight excluding hydrogens is 1400 g/mol. The molecule has 10 aromatic rings. The zero-order valence-corrected chi connectivity index (χ0v) is 71.6. The van der Waals surface area contributed by atoms with Crippen molar-refractivity contribution < 1.29 is 45.5 Å². The van der Waals surface area contributed by atoms with Gasteiger partial charge in [0.25, 0.3) is 0 Å². The van der Waals surface area contributed by atoms with Crippen LogP contribution in [0.5, 0.6) is 23.0 Å². The normalized spacial score (nSPS) is 13.2. The quantitative estimate of drug-likeness (QED) is 0.0610. The molecule has 0 spiro atoms. The number of nitrogens with zero attached hydrogens (tertiary/aromatic N) is 2. The Morgan fingerprint density at radius 3 is 0.752 bits per heavy atom. The average Bonchev–Trinajstić information content (AvgIpc) is 1.65. The van der Waals surface area contributed by atoms with Gasteiger partial charge in [-0.3, -0.25) is 0 Å². The summed E-state index contributed by atoms with van der Waals surface area (Å²) in [7, 11) is 0. The molecule has 542 valence electrons. The molecule has 10 rings (SSSR count). The van der Waals surface area contributed by atoms with Gasteiger partial charge >= 0.3 is 0 Å². The smallest absolute Gasteiger partial charge is 0.147 e. The predicted molar refractivity (Wildman–Crippen MR) is 435 cm³/mol. The van der Waals surface area contributed by atoms with Gasteiger partial charge in [0, 0.05) is 69.6 Å². The number of unbranched alkanes of at least 4 members (excludes halogenated alkanes) is 1. The molecule has 0 radical (unpaired) electrons. The van der Waals surface area contributed by atoms with Crippen LogP contribution in [0.4, 0.5) is 0 Å². The van der Waals surface area contributed by atoms with Crippen LogP contribution in [0.25, 0.3) is 77.2 Å². The van der Waals surface area contributed by atoms with Crippen molar-refractivity contribution in [3.05, 3.63) is 193 Å². The topological polar surface area (TPSA) is 68.8 Å². The average molecular weight is 1530 g/mol. The van der Waals surface area contributed by atoms with Crippen molar-refractivity contribution in [1.82, 2.24) is 9.13 Å². The second-order valence-electron chi connectivity index (χ2n) is 39.0. The minimum absolute atomic E-state index is 0. The summed E-state index contributed by atoms with van der Waals surface area (Å²) in [4.78, 5) is 0. The molecule has 0 aliphatic rings. The number of aromatic nitrogens is 2. The van der Waals surface area contributed by atoms with Gasteiger partial charge in [-0.05, 0) is 221 Å². The van der Waals surface area contributed by atoms with E-state index in [4.69, 9.17) is 9.47 Å². The summed E-state index contributed by atoms with van der Waals surface area (Å²) in [6, 6.07) is 49.8. The van der Waals surface area contributed by atoms with Gasteiger partial charge in [-0.25, -0.2) is 0 Å². The van der Waals surface area contributed by atoms with E-state index in [9.17, 15) is 10.2 Å². The van der Waals surface area contributed by atoms with Crippen LogP contribution in [0.3, 0.4) is 0 Å². The Bertz CT molecular complexity index is 4220. The molecule has 0 atom stereocenters. The number of phenols is 2. The summed E-state index contributed by atoms with van der Waals surface area (Å²) in [6.07, 6.45) is 3.29. The Morgan fingerprint density at radius 1 is 0.287 bits per heavy atom. The number of hydrogen-bond donors (Lipinski definition) is 2. The van der Waals surface area contributed by atoms with E-state index in [1.54, 1.807) is 0 Å². The maximum absolute atomic E-state index is 13.4. The van der Waals surface area contributed by atoms with Gasteiger partial charge in [0.1, 0.15) is 23.0 Å². The van der Waals surface area contributed by atoms with Crippen molar-refractivity contribution in [2.45, 2.75) is 263 Å². The Balaban J connectivity index is 0.00000477. The number of rotatable bonds is 15. The van der Waals surface area contributed by atoms with Crippen molar-refractivity contribution in [2.24, 2.45) is 10.8 Å². The largest absolute Gasteiger partial charge is 0.505 e. The van der Waals surface area contributed by atoms with Crippen LogP contribution in [-0.4, -0.2) is 32.6 Å². The van der Waals surface area contributed by atoms with Crippen LogP contribution in [0, 0.1) is 25.7 Å². The molecule has 2 aromatic heterocycles. The third kappa shape index (κ3) is 17.3. The molecule has 0 saturated heterocycles. The van der Waals surface area contributed by atoms with Crippen LogP contribution < -0.4 is 9.47 Å². The number of aromatic hydroxyl groups is 2. The molecule has 0 fully saturated rings. The van der Waals surface area contributed by atoms with Crippen LogP contribution in [0.1, 0.15) is 264 Å². The van der Waals surface area contributed by atoms with Gasteiger partial charge in [-0.2, -0.15) is 0 Å². The van der Waals surface area contributed by atoms with Crippen LogP contribution in [0.15, 0.2) is 133 Å². The number of benzene rings is 8. The van der Waals surface area contributed by atoms with E-state index in [-0.39, 0.29) is 106 Å². The third-order valence-electron chi connectivity index (χ3n) is 20.5. The fraction of sp³-hybridized carbons (Fsp3) is 0.468. The van der Waals surface area contributed by atoms with Gasteiger partial charge in [-0.1, -0.05) is 230 Å². The number of ether oxygens (including phenoxy) is 2. The molecule has 0 unspecified atom stereocenters. The Hall–Kier alpha value is -6.57. The van der Waals surface area contributed by atoms with E-state index in [0.29, 0.717) is 26.1 Å². The first-order valence-electron chi connectivity index (χ1n) is 36.4. The predicted octanol–water partition coefficient (Wildman–Crippen LogP) is 27.0. The second kappa shape index (κ2) is 28.5. The van der Waals surface area contributed by atoms with Gasteiger partial charge < -0.3 is 43.7 Å². The molecule has 0 amide bonds. The van der Waals surface area contributed by atoms with Gasteiger partial charge in [-0.15, -0.1) is 0 Å². The maximum Gasteiger partial charge on any atom is 0.147 e. The van der Waals surface area contributed by atoms with Gasteiger partial charge in [0.05, 0.1) is 46.7 Å². The van der Waals surface area contributed by atoms with E-state index in [1.165, 1.54) is 43.8 Å². The number of hydrogen-bond acceptors (Lipinski definition) is 4. The van der Waals surface area contributed by atoms with Crippen LogP contribution >= 0.6 is 0 Å². The molecule has 2 heterocycles. The van der Waals surface area contributed by atoms with Gasteiger partial charge in [0.15, 0.2) is 0 Å². The Morgan fingerprint density at radius 2 is 0.515 bits per heavy atom. The summed E-state index contributed by atoms with van der Waals surface area (Å²) < 4.78 is 18.7. The molecular formula is C94H126HfN2O4-2. The van der Waals surface area contributed by atoms with Crippen molar-refractivity contribution in [3.8, 4) is 56.6 Å². The first-order valence-corrected chi connectivity index (χ1v) is 36.4. The summed E-state index contributed by atoms with van der Waals surface area (Å²) in [6.45, 7) is 65.1. The second-order valence-corrected chi connectivity index (χ2v) is 39.0. The molecule has 8 aromatic carbocycles. The molecule has 7 heteroatoms. The summed E-state index contributed by atoms with van der Waals surface area (Å²) in [5, 5.41) is 31.5. The van der Waals surface area contributed by atoms with E-state index in [1.807, 2.05) is 0 Å². The minimum Gasteiger partial charge on any atom is -0.505 e. The van der Waals surface area contributed by atoms with E-state index in [2.05, 4.69) is 336 Å². The van der Waals surface area contributed by atoms with Crippen molar-refractivity contribution in [3.63, 3.8) is 0 Å². The van der Waals surface area contributed by atoms with Crippen LogP contribution in [-0.2, 0) is 69.2 Å². The van der Waals surface area contributed by atoms with Crippen molar-refractivity contribution in [1.29, 1.82) is 0 Å².